The first-order valence-electron chi connectivity index (χ1n) is 5.61. The number of hydrogen-bond donors (Lipinski definition) is 2. The van der Waals surface area contributed by atoms with E-state index in [9.17, 15) is 4.79 Å². The maximum atomic E-state index is 11.7. The van der Waals surface area contributed by atoms with Crippen LogP contribution < -0.4 is 10.6 Å². The molecule has 1 aromatic heterocycles. The topological polar surface area (TPSA) is 71.8 Å². The van der Waals surface area contributed by atoms with Gasteiger partial charge in [0, 0.05) is 26.1 Å². The first kappa shape index (κ1) is 11.6. The van der Waals surface area contributed by atoms with Crippen molar-refractivity contribution in [3.8, 4) is 11.8 Å². The average molecular weight is 233 g/mol. The van der Waals surface area contributed by atoms with Crippen molar-refractivity contribution in [1.29, 1.82) is 0 Å². The Balaban J connectivity index is 1.85. The molecule has 1 aliphatic heterocycles. The Kier molecular flexibility index (Phi) is 3.73. The molecule has 90 valence electrons. The third-order valence-corrected chi connectivity index (χ3v) is 2.59. The Morgan fingerprint density at radius 1 is 1.71 bits per heavy atom. The maximum Gasteiger partial charge on any atom is 0.273 e. The normalized spacial score (nSPS) is 14.6. The highest BCUT2D eigenvalue weighted by molar-refractivity contribution is 5.91. The summed E-state index contributed by atoms with van der Waals surface area (Å²) >= 11 is 0. The molecule has 0 saturated carbocycles. The van der Waals surface area contributed by atoms with Crippen LogP contribution in [0.3, 0.4) is 0 Å². The fourth-order valence-corrected chi connectivity index (χ4v) is 1.47. The maximum absolute atomic E-state index is 11.7. The van der Waals surface area contributed by atoms with Gasteiger partial charge >= 0.3 is 0 Å². The number of nitrogens with zero attached hydrogens (tertiary/aromatic N) is 3. The van der Waals surface area contributed by atoms with Crippen molar-refractivity contribution in [2.75, 3.05) is 19.6 Å². The summed E-state index contributed by atoms with van der Waals surface area (Å²) in [5.41, 5.74) is 0.362. The van der Waals surface area contributed by atoms with Crippen LogP contribution in [-0.4, -0.2) is 40.5 Å². The van der Waals surface area contributed by atoms with Crippen LogP contribution in [0, 0.1) is 11.8 Å². The molecule has 0 aromatic carbocycles. The van der Waals surface area contributed by atoms with E-state index in [0.717, 1.165) is 13.1 Å². The lowest BCUT2D eigenvalue weighted by molar-refractivity contribution is 0.0949. The van der Waals surface area contributed by atoms with Crippen molar-refractivity contribution in [1.82, 2.24) is 25.6 Å². The fraction of sp³-hybridized carbons (Fsp3) is 0.545. The number of rotatable bonds is 4. The van der Waals surface area contributed by atoms with Gasteiger partial charge in [0.05, 0.1) is 12.2 Å². The molecule has 1 fully saturated rings. The summed E-state index contributed by atoms with van der Waals surface area (Å²) in [5, 5.41) is 13.7. The number of carbonyl (C=O) groups is 1. The van der Waals surface area contributed by atoms with Gasteiger partial charge in [-0.2, -0.15) is 0 Å². The molecular formula is C11H15N5O. The number of carbonyl (C=O) groups excluding carboxylic acids is 1. The van der Waals surface area contributed by atoms with E-state index in [1.807, 2.05) is 0 Å². The van der Waals surface area contributed by atoms with Gasteiger partial charge in [0.2, 0.25) is 0 Å². The van der Waals surface area contributed by atoms with E-state index in [1.165, 1.54) is 0 Å². The van der Waals surface area contributed by atoms with Crippen LogP contribution in [0.1, 0.15) is 29.9 Å². The van der Waals surface area contributed by atoms with Gasteiger partial charge in [0.1, 0.15) is 0 Å². The summed E-state index contributed by atoms with van der Waals surface area (Å²) in [6, 6.07) is 0.329. The number of aromatic nitrogens is 3. The molecule has 1 saturated heterocycles. The molecule has 0 spiro atoms. The molecule has 0 aliphatic carbocycles. The van der Waals surface area contributed by atoms with E-state index in [0.29, 0.717) is 24.7 Å². The van der Waals surface area contributed by atoms with Gasteiger partial charge in [0.15, 0.2) is 5.69 Å². The first-order chi connectivity index (χ1) is 8.31. The van der Waals surface area contributed by atoms with E-state index >= 15 is 0 Å². The predicted octanol–water partition coefficient (Wildman–Crippen LogP) is -0.434. The minimum Gasteiger partial charge on any atom is -0.350 e. The molecule has 17 heavy (non-hydrogen) atoms. The van der Waals surface area contributed by atoms with Crippen LogP contribution in [0.5, 0.6) is 0 Å². The highest BCUT2D eigenvalue weighted by atomic mass is 16.2. The van der Waals surface area contributed by atoms with Gasteiger partial charge in [-0.1, -0.05) is 5.21 Å². The summed E-state index contributed by atoms with van der Waals surface area (Å²) in [7, 11) is 0. The third kappa shape index (κ3) is 2.82. The zero-order valence-electron chi connectivity index (χ0n) is 9.73. The number of hydrogen-bond acceptors (Lipinski definition) is 4. The lowest BCUT2D eigenvalue weighted by Crippen LogP contribution is -2.43. The predicted molar refractivity (Wildman–Crippen MR) is 62.3 cm³/mol. The summed E-state index contributed by atoms with van der Waals surface area (Å²) < 4.78 is 1.73. The second kappa shape index (κ2) is 5.46. The van der Waals surface area contributed by atoms with Crippen LogP contribution in [0.25, 0.3) is 0 Å². The standard InChI is InChI=1S/C11H15N5O/c1-2-3-4-5-13-11(17)10-8-16(15-14-10)9-6-12-7-9/h8-9,12H,4-7H2,1H3,(H,13,17). The molecule has 6 nitrogen and oxygen atoms in total. The van der Waals surface area contributed by atoms with E-state index in [4.69, 9.17) is 0 Å². The van der Waals surface area contributed by atoms with E-state index < -0.39 is 0 Å². The molecule has 0 bridgehead atoms. The Morgan fingerprint density at radius 2 is 2.53 bits per heavy atom. The molecule has 0 radical (unpaired) electrons. The lowest BCUT2D eigenvalue weighted by Gasteiger charge is -2.26. The molecule has 1 aliphatic rings. The van der Waals surface area contributed by atoms with E-state index in [2.05, 4.69) is 32.8 Å². The van der Waals surface area contributed by atoms with Gasteiger partial charge < -0.3 is 10.6 Å². The monoisotopic (exact) mass is 233 g/mol. The van der Waals surface area contributed by atoms with Gasteiger partial charge in [-0.25, -0.2) is 4.68 Å². The highest BCUT2D eigenvalue weighted by Crippen LogP contribution is 2.09. The Morgan fingerprint density at radius 3 is 3.18 bits per heavy atom. The number of nitrogens with one attached hydrogen (secondary N) is 2. The molecule has 0 atom stereocenters. The molecule has 6 heteroatoms. The van der Waals surface area contributed by atoms with E-state index in [1.54, 1.807) is 17.8 Å². The fourth-order valence-electron chi connectivity index (χ4n) is 1.47. The molecule has 2 heterocycles. The summed E-state index contributed by atoms with van der Waals surface area (Å²) in [4.78, 5) is 11.7. The van der Waals surface area contributed by atoms with Crippen LogP contribution >= 0.6 is 0 Å². The van der Waals surface area contributed by atoms with E-state index in [-0.39, 0.29) is 5.91 Å². The molecule has 0 unspecified atom stereocenters. The van der Waals surface area contributed by atoms with Crippen LogP contribution in [0.15, 0.2) is 6.20 Å². The van der Waals surface area contributed by atoms with Crippen molar-refractivity contribution in [3.05, 3.63) is 11.9 Å². The summed E-state index contributed by atoms with van der Waals surface area (Å²) in [6.45, 7) is 4.09. The van der Waals surface area contributed by atoms with Crippen molar-refractivity contribution >= 4 is 5.91 Å². The summed E-state index contributed by atoms with van der Waals surface area (Å²) in [5.74, 6) is 5.46. The van der Waals surface area contributed by atoms with Crippen LogP contribution in [-0.2, 0) is 0 Å². The zero-order valence-corrected chi connectivity index (χ0v) is 9.73. The molecule has 1 aromatic rings. The van der Waals surface area contributed by atoms with Gasteiger partial charge in [-0.05, 0) is 6.92 Å². The number of amides is 1. The minimum atomic E-state index is -0.193. The quantitative estimate of drug-likeness (QED) is 0.546. The SMILES string of the molecule is CC#CCCNC(=O)c1cn(C2CNC2)nn1. The van der Waals surface area contributed by atoms with Gasteiger partial charge in [-0.15, -0.1) is 16.9 Å². The molecule has 2 rings (SSSR count). The molecular weight excluding hydrogens is 218 g/mol. The van der Waals surface area contributed by atoms with Crippen molar-refractivity contribution in [2.24, 2.45) is 0 Å². The Labute approximate surface area is 99.8 Å². The zero-order chi connectivity index (χ0) is 12.1. The largest absolute Gasteiger partial charge is 0.350 e. The minimum absolute atomic E-state index is 0.193. The van der Waals surface area contributed by atoms with Crippen molar-refractivity contribution < 1.29 is 4.79 Å². The average Bonchev–Trinajstić information content (AvgIpc) is 2.71. The van der Waals surface area contributed by atoms with Crippen LogP contribution in [0.2, 0.25) is 0 Å². The second-order valence-electron chi connectivity index (χ2n) is 3.83. The molecule has 2 N–H and O–H groups in total. The van der Waals surface area contributed by atoms with Crippen molar-refractivity contribution in [2.45, 2.75) is 19.4 Å². The summed E-state index contributed by atoms with van der Waals surface area (Å²) in [6.07, 6.45) is 2.34. The van der Waals surface area contributed by atoms with Gasteiger partial charge in [-0.3, -0.25) is 4.79 Å². The smallest absolute Gasteiger partial charge is 0.273 e. The Bertz CT molecular complexity index is 452. The van der Waals surface area contributed by atoms with Crippen molar-refractivity contribution in [3.63, 3.8) is 0 Å². The lowest BCUT2D eigenvalue weighted by atomic mass is 10.2. The van der Waals surface area contributed by atoms with Crippen LogP contribution in [0.4, 0.5) is 0 Å². The first-order valence-corrected chi connectivity index (χ1v) is 5.61. The highest BCUT2D eigenvalue weighted by Gasteiger charge is 2.21. The van der Waals surface area contributed by atoms with Gasteiger partial charge in [0.25, 0.3) is 5.91 Å². The second-order valence-corrected chi connectivity index (χ2v) is 3.83. The Hall–Kier alpha value is -1.87. The molecule has 1 amide bonds. The third-order valence-electron chi connectivity index (χ3n) is 2.59.